The highest BCUT2D eigenvalue weighted by Crippen LogP contribution is 2.33. The van der Waals surface area contributed by atoms with Gasteiger partial charge in [0.15, 0.2) is 0 Å². The Bertz CT molecular complexity index is 805. The van der Waals surface area contributed by atoms with Gasteiger partial charge in [-0.1, -0.05) is 31.2 Å². The van der Waals surface area contributed by atoms with Crippen LogP contribution in [0, 0.1) is 0 Å². The number of aryl methyl sites for hydroxylation is 2. The second-order valence-electron chi connectivity index (χ2n) is 6.80. The van der Waals surface area contributed by atoms with Crippen molar-refractivity contribution in [3.05, 3.63) is 89.5 Å². The van der Waals surface area contributed by atoms with Gasteiger partial charge in [-0.3, -0.25) is 9.88 Å². The van der Waals surface area contributed by atoms with Crippen LogP contribution in [0.15, 0.2) is 67.1 Å². The van der Waals surface area contributed by atoms with Crippen LogP contribution in [-0.2, 0) is 19.5 Å². The maximum Gasteiger partial charge on any atom is 0.0759 e. The molecule has 3 aromatic rings. The Balaban J connectivity index is 1.72. The number of pyridine rings is 1. The number of nitrogens with zero attached hydrogens (tertiary/aromatic N) is 3. The molecule has 2 aromatic heterocycles. The van der Waals surface area contributed by atoms with Gasteiger partial charge in [0.25, 0.3) is 0 Å². The van der Waals surface area contributed by atoms with Crippen molar-refractivity contribution in [2.24, 2.45) is 0 Å². The Kier molecular flexibility index (Phi) is 4.66. The molecule has 0 fully saturated rings. The minimum Gasteiger partial charge on any atom is -0.350 e. The van der Waals surface area contributed by atoms with E-state index in [1.54, 1.807) is 0 Å². The zero-order valence-corrected chi connectivity index (χ0v) is 14.8. The van der Waals surface area contributed by atoms with Crippen LogP contribution >= 0.6 is 0 Å². The zero-order valence-electron chi connectivity index (χ0n) is 14.8. The standard InChI is InChI=1S/C22H25N3/c1-2-18-6-8-20(9-7-18)22-21-5-3-14-24(21)15-4-16-25(22)17-19-10-12-23-13-11-19/h3,5-14,22H,2,4,15-17H2,1H3. The first-order valence-electron chi connectivity index (χ1n) is 9.22. The fourth-order valence-electron chi connectivity index (χ4n) is 3.85. The summed E-state index contributed by atoms with van der Waals surface area (Å²) in [6.45, 7) is 5.36. The molecule has 3 heterocycles. The molecule has 0 spiro atoms. The van der Waals surface area contributed by atoms with Crippen molar-refractivity contribution in [2.75, 3.05) is 6.54 Å². The summed E-state index contributed by atoms with van der Waals surface area (Å²) in [4.78, 5) is 6.76. The monoisotopic (exact) mass is 331 g/mol. The van der Waals surface area contributed by atoms with E-state index in [1.807, 2.05) is 12.4 Å². The summed E-state index contributed by atoms with van der Waals surface area (Å²) in [6.07, 6.45) is 8.26. The number of fused-ring (bicyclic) bond motifs is 1. The molecule has 1 aliphatic rings. The Hall–Kier alpha value is -2.39. The van der Waals surface area contributed by atoms with E-state index in [9.17, 15) is 0 Å². The molecule has 1 aromatic carbocycles. The van der Waals surface area contributed by atoms with Crippen molar-refractivity contribution >= 4 is 0 Å². The van der Waals surface area contributed by atoms with Gasteiger partial charge in [-0.25, -0.2) is 0 Å². The van der Waals surface area contributed by atoms with E-state index < -0.39 is 0 Å². The molecule has 0 bridgehead atoms. The first-order chi connectivity index (χ1) is 12.3. The summed E-state index contributed by atoms with van der Waals surface area (Å²) in [5.41, 5.74) is 5.50. The normalized spacial score (nSPS) is 17.9. The second kappa shape index (κ2) is 7.24. The molecule has 0 radical (unpaired) electrons. The van der Waals surface area contributed by atoms with E-state index >= 15 is 0 Å². The molecule has 0 aliphatic carbocycles. The lowest BCUT2D eigenvalue weighted by atomic mass is 9.99. The van der Waals surface area contributed by atoms with E-state index in [2.05, 4.69) is 76.1 Å². The van der Waals surface area contributed by atoms with Gasteiger partial charge in [-0.15, -0.1) is 0 Å². The van der Waals surface area contributed by atoms with Crippen molar-refractivity contribution in [3.63, 3.8) is 0 Å². The first-order valence-corrected chi connectivity index (χ1v) is 9.22. The van der Waals surface area contributed by atoms with Crippen LogP contribution in [0.2, 0.25) is 0 Å². The van der Waals surface area contributed by atoms with Gasteiger partial charge in [0.2, 0.25) is 0 Å². The molecule has 0 saturated carbocycles. The lowest BCUT2D eigenvalue weighted by Gasteiger charge is -2.30. The van der Waals surface area contributed by atoms with Crippen molar-refractivity contribution in [1.29, 1.82) is 0 Å². The number of benzene rings is 1. The number of hydrogen-bond acceptors (Lipinski definition) is 2. The second-order valence-corrected chi connectivity index (χ2v) is 6.80. The van der Waals surface area contributed by atoms with Crippen molar-refractivity contribution < 1.29 is 0 Å². The zero-order chi connectivity index (χ0) is 17.1. The minimum atomic E-state index is 0.302. The molecular weight excluding hydrogens is 306 g/mol. The van der Waals surface area contributed by atoms with E-state index in [0.29, 0.717) is 6.04 Å². The third-order valence-electron chi connectivity index (χ3n) is 5.19. The van der Waals surface area contributed by atoms with Crippen molar-refractivity contribution in [1.82, 2.24) is 14.5 Å². The molecular formula is C22H25N3. The average Bonchev–Trinajstić information content (AvgIpc) is 3.04. The molecule has 4 rings (SSSR count). The summed E-state index contributed by atoms with van der Waals surface area (Å²) >= 11 is 0. The van der Waals surface area contributed by atoms with Crippen molar-refractivity contribution in [3.8, 4) is 0 Å². The topological polar surface area (TPSA) is 21.1 Å². The molecule has 3 nitrogen and oxygen atoms in total. The van der Waals surface area contributed by atoms with Crippen molar-refractivity contribution in [2.45, 2.75) is 38.9 Å². The van der Waals surface area contributed by atoms with Gasteiger partial charge in [-0.2, -0.15) is 0 Å². The van der Waals surface area contributed by atoms with Gasteiger partial charge in [0, 0.05) is 43.9 Å². The number of aromatic nitrogens is 2. The van der Waals surface area contributed by atoms with Crippen LogP contribution in [0.3, 0.4) is 0 Å². The molecule has 1 aliphatic heterocycles. The van der Waals surface area contributed by atoms with E-state index in [1.165, 1.54) is 28.8 Å². The van der Waals surface area contributed by atoms with Gasteiger partial charge >= 0.3 is 0 Å². The first kappa shape index (κ1) is 16.1. The maximum absolute atomic E-state index is 4.16. The van der Waals surface area contributed by atoms with E-state index in [-0.39, 0.29) is 0 Å². The van der Waals surface area contributed by atoms with E-state index in [0.717, 1.165) is 26.1 Å². The lowest BCUT2D eigenvalue weighted by molar-refractivity contribution is 0.220. The summed E-state index contributed by atoms with van der Waals surface area (Å²) in [6, 6.07) is 18.2. The fourth-order valence-corrected chi connectivity index (χ4v) is 3.85. The van der Waals surface area contributed by atoms with Crippen LogP contribution in [0.25, 0.3) is 0 Å². The summed E-state index contributed by atoms with van der Waals surface area (Å²) in [5.74, 6) is 0. The van der Waals surface area contributed by atoms with E-state index in [4.69, 9.17) is 0 Å². The molecule has 1 atom stereocenters. The Labute approximate surface area is 149 Å². The highest BCUT2D eigenvalue weighted by Gasteiger charge is 2.27. The largest absolute Gasteiger partial charge is 0.350 e. The Morgan fingerprint density at radius 2 is 1.76 bits per heavy atom. The fraction of sp³-hybridized carbons (Fsp3) is 0.318. The van der Waals surface area contributed by atoms with Gasteiger partial charge < -0.3 is 4.57 Å². The summed E-state index contributed by atoms with van der Waals surface area (Å²) in [7, 11) is 0. The predicted octanol–water partition coefficient (Wildman–Crippen LogP) is 4.44. The van der Waals surface area contributed by atoms with Gasteiger partial charge in [0.1, 0.15) is 0 Å². The molecule has 1 unspecified atom stereocenters. The molecule has 25 heavy (non-hydrogen) atoms. The van der Waals surface area contributed by atoms with Crippen LogP contribution in [0.1, 0.15) is 41.8 Å². The molecule has 0 saturated heterocycles. The molecule has 128 valence electrons. The number of hydrogen-bond donors (Lipinski definition) is 0. The van der Waals surface area contributed by atoms with Crippen LogP contribution in [0.4, 0.5) is 0 Å². The van der Waals surface area contributed by atoms with Gasteiger partial charge in [0.05, 0.1) is 6.04 Å². The minimum absolute atomic E-state index is 0.302. The molecule has 0 N–H and O–H groups in total. The van der Waals surface area contributed by atoms with Gasteiger partial charge in [-0.05, 0) is 53.8 Å². The maximum atomic E-state index is 4.16. The Morgan fingerprint density at radius 3 is 2.52 bits per heavy atom. The molecule has 0 amide bonds. The summed E-state index contributed by atoms with van der Waals surface area (Å²) < 4.78 is 2.42. The highest BCUT2D eigenvalue weighted by molar-refractivity contribution is 5.32. The molecule has 3 heteroatoms. The predicted molar refractivity (Wildman–Crippen MR) is 101 cm³/mol. The quantitative estimate of drug-likeness (QED) is 0.705. The smallest absolute Gasteiger partial charge is 0.0759 e. The summed E-state index contributed by atoms with van der Waals surface area (Å²) in [5, 5.41) is 0. The van der Waals surface area contributed by atoms with Crippen LogP contribution in [0.5, 0.6) is 0 Å². The Morgan fingerprint density at radius 1 is 0.960 bits per heavy atom. The van der Waals surface area contributed by atoms with Crippen LogP contribution in [-0.4, -0.2) is 21.0 Å². The number of rotatable bonds is 4. The lowest BCUT2D eigenvalue weighted by Crippen LogP contribution is -2.29. The average molecular weight is 331 g/mol. The third kappa shape index (κ3) is 3.38. The third-order valence-corrected chi connectivity index (χ3v) is 5.19. The SMILES string of the molecule is CCc1ccc(C2c3cccn3CCCN2Cc2ccncc2)cc1. The van der Waals surface area contributed by atoms with Crippen LogP contribution < -0.4 is 0 Å². The highest BCUT2D eigenvalue weighted by atomic mass is 15.2.